The Labute approximate surface area is 102 Å². The van der Waals surface area contributed by atoms with Crippen molar-refractivity contribution >= 4 is 39.3 Å². The molecule has 1 aromatic carbocycles. The minimum absolute atomic E-state index is 0.513. The van der Waals surface area contributed by atoms with Gasteiger partial charge in [0.2, 0.25) is 0 Å². The van der Waals surface area contributed by atoms with Crippen molar-refractivity contribution in [1.82, 2.24) is 4.98 Å². The normalized spacial score (nSPS) is 12.8. The highest BCUT2D eigenvalue weighted by Gasteiger charge is 2.12. The van der Waals surface area contributed by atoms with Crippen LogP contribution in [0.4, 0.5) is 0 Å². The van der Waals surface area contributed by atoms with E-state index in [2.05, 4.69) is 4.98 Å². The van der Waals surface area contributed by atoms with Gasteiger partial charge in [-0.2, -0.15) is 0 Å². The molecule has 0 spiro atoms. The molecule has 2 aromatic rings. The Bertz CT molecular complexity index is 476. The first-order valence-electron chi connectivity index (χ1n) is 4.93. The highest BCUT2D eigenvalue weighted by atomic mass is 32.2. The van der Waals surface area contributed by atoms with Crippen LogP contribution in [0.25, 0.3) is 10.2 Å². The van der Waals surface area contributed by atoms with Crippen LogP contribution in [0, 0.1) is 0 Å². The third-order valence-corrected chi connectivity index (χ3v) is 4.62. The maximum absolute atomic E-state index is 10.8. The number of thiazole rings is 1. The lowest BCUT2D eigenvalue weighted by Crippen LogP contribution is -2.32. The summed E-state index contributed by atoms with van der Waals surface area (Å²) < 4.78 is 1.87. The fourth-order valence-corrected chi connectivity index (χ4v) is 3.49. The van der Waals surface area contributed by atoms with Crippen LogP contribution in [0.1, 0.15) is 13.3 Å². The number of nitrogens with zero attached hydrogens (tertiary/aromatic N) is 1. The van der Waals surface area contributed by atoms with E-state index in [0.29, 0.717) is 6.42 Å². The highest BCUT2D eigenvalue weighted by Crippen LogP contribution is 2.32. The van der Waals surface area contributed by atoms with E-state index in [1.165, 1.54) is 23.1 Å². The average molecular weight is 252 g/mol. The Hall–Kier alpha value is -1.07. The first kappa shape index (κ1) is 11.4. The zero-order valence-electron chi connectivity index (χ0n) is 8.67. The van der Waals surface area contributed by atoms with Crippen LogP contribution in [-0.2, 0) is 4.79 Å². The fourth-order valence-electron chi connectivity index (χ4n) is 1.32. The molecule has 84 valence electrons. The number of hydrogen-bond donors (Lipinski definition) is 0. The number of carbonyl (C=O) groups excluding carboxylic acids is 1. The summed E-state index contributed by atoms with van der Waals surface area (Å²) in [6.45, 7) is 1.83. The predicted octanol–water partition coefficient (Wildman–Crippen LogP) is 1.92. The Morgan fingerprint density at radius 2 is 2.31 bits per heavy atom. The van der Waals surface area contributed by atoms with Crippen molar-refractivity contribution in [2.24, 2.45) is 0 Å². The van der Waals surface area contributed by atoms with Crippen LogP contribution in [0.2, 0.25) is 0 Å². The Morgan fingerprint density at radius 1 is 1.56 bits per heavy atom. The van der Waals surface area contributed by atoms with Gasteiger partial charge in [-0.3, -0.25) is 0 Å². The van der Waals surface area contributed by atoms with E-state index in [0.717, 1.165) is 14.6 Å². The molecular formula is C11H10NO2S2-. The van der Waals surface area contributed by atoms with Crippen molar-refractivity contribution in [2.45, 2.75) is 22.9 Å². The second kappa shape index (κ2) is 4.84. The van der Waals surface area contributed by atoms with E-state index < -0.39 is 11.2 Å². The zero-order valence-corrected chi connectivity index (χ0v) is 10.3. The van der Waals surface area contributed by atoms with Gasteiger partial charge in [-0.25, -0.2) is 4.98 Å². The molecule has 0 aliphatic carbocycles. The number of hydrogen-bond acceptors (Lipinski definition) is 5. The quantitative estimate of drug-likeness (QED) is 0.780. The molecule has 0 saturated heterocycles. The molecule has 0 unspecified atom stereocenters. The molecule has 0 N–H and O–H groups in total. The van der Waals surface area contributed by atoms with Gasteiger partial charge < -0.3 is 9.90 Å². The van der Waals surface area contributed by atoms with Crippen LogP contribution < -0.4 is 5.11 Å². The van der Waals surface area contributed by atoms with Crippen molar-refractivity contribution < 1.29 is 9.90 Å². The molecule has 0 aliphatic heterocycles. The topological polar surface area (TPSA) is 53.0 Å². The van der Waals surface area contributed by atoms with Crippen LogP contribution in [0.5, 0.6) is 0 Å². The number of aromatic nitrogens is 1. The number of rotatable bonds is 4. The summed E-state index contributed by atoms with van der Waals surface area (Å²) in [5.41, 5.74) is 0.920. The van der Waals surface area contributed by atoms with Crippen molar-refractivity contribution in [3.63, 3.8) is 0 Å². The molecule has 0 aliphatic rings. The van der Waals surface area contributed by atoms with E-state index in [9.17, 15) is 9.90 Å². The number of thioether (sulfide) groups is 1. The summed E-state index contributed by atoms with van der Waals surface area (Å²) in [6, 6.07) is 7.78. The molecule has 0 fully saturated rings. The van der Waals surface area contributed by atoms with Gasteiger partial charge in [-0.15, -0.1) is 11.3 Å². The van der Waals surface area contributed by atoms with Gasteiger partial charge in [-0.1, -0.05) is 30.8 Å². The molecule has 0 bridgehead atoms. The van der Waals surface area contributed by atoms with E-state index in [1.54, 1.807) is 0 Å². The van der Waals surface area contributed by atoms with Crippen LogP contribution >= 0.6 is 23.1 Å². The SMILES string of the molecule is CC[C@@H](Sc1nc2ccccc2s1)C(=O)[O-]. The molecule has 2 rings (SSSR count). The Balaban J connectivity index is 2.24. The maximum atomic E-state index is 10.8. The molecular weight excluding hydrogens is 242 g/mol. The van der Waals surface area contributed by atoms with Crippen molar-refractivity contribution in [2.75, 3.05) is 0 Å². The largest absolute Gasteiger partial charge is 0.549 e. The van der Waals surface area contributed by atoms with E-state index in [1.807, 2.05) is 31.2 Å². The molecule has 3 nitrogen and oxygen atoms in total. The summed E-state index contributed by atoms with van der Waals surface area (Å²) in [7, 11) is 0. The molecule has 0 amide bonds. The van der Waals surface area contributed by atoms with Crippen LogP contribution in [0.15, 0.2) is 28.6 Å². The van der Waals surface area contributed by atoms with Crippen molar-refractivity contribution in [3.8, 4) is 0 Å². The summed E-state index contributed by atoms with van der Waals surface area (Å²) >= 11 is 2.79. The number of carboxylic acids is 1. The number of carboxylic acid groups (broad SMARTS) is 1. The molecule has 1 heterocycles. The molecule has 5 heteroatoms. The summed E-state index contributed by atoms with van der Waals surface area (Å²) in [5, 5.41) is 10.3. The lowest BCUT2D eigenvalue weighted by atomic mass is 10.3. The van der Waals surface area contributed by atoms with Gasteiger partial charge in [-0.05, 0) is 18.6 Å². The van der Waals surface area contributed by atoms with E-state index in [-0.39, 0.29) is 0 Å². The van der Waals surface area contributed by atoms with Gasteiger partial charge in [0, 0.05) is 0 Å². The number of para-hydroxylation sites is 1. The average Bonchev–Trinajstić information content (AvgIpc) is 2.67. The smallest absolute Gasteiger partial charge is 0.151 e. The summed E-state index contributed by atoms with van der Waals surface area (Å²) in [4.78, 5) is 15.2. The minimum atomic E-state index is -1.02. The maximum Gasteiger partial charge on any atom is 0.151 e. The second-order valence-corrected chi connectivity index (χ2v) is 5.76. The molecule has 16 heavy (non-hydrogen) atoms. The van der Waals surface area contributed by atoms with E-state index >= 15 is 0 Å². The third-order valence-electron chi connectivity index (χ3n) is 2.15. The highest BCUT2D eigenvalue weighted by molar-refractivity contribution is 8.02. The van der Waals surface area contributed by atoms with Gasteiger partial charge in [0.15, 0.2) is 4.34 Å². The standard InChI is InChI=1S/C11H11NO2S2/c1-2-8(10(13)14)15-11-12-7-5-3-4-6-9(7)16-11/h3-6,8H,2H2,1H3,(H,13,14)/p-1/t8-/m1/s1. The Morgan fingerprint density at radius 3 is 2.94 bits per heavy atom. The van der Waals surface area contributed by atoms with Crippen LogP contribution in [-0.4, -0.2) is 16.2 Å². The van der Waals surface area contributed by atoms with Gasteiger partial charge >= 0.3 is 0 Å². The molecule has 0 saturated carbocycles. The van der Waals surface area contributed by atoms with Crippen molar-refractivity contribution in [1.29, 1.82) is 0 Å². The first-order valence-corrected chi connectivity index (χ1v) is 6.63. The van der Waals surface area contributed by atoms with Gasteiger partial charge in [0.25, 0.3) is 0 Å². The number of fused-ring (bicyclic) bond motifs is 1. The summed E-state index contributed by atoms with van der Waals surface area (Å²) in [5.74, 6) is -1.02. The fraction of sp³-hybridized carbons (Fsp3) is 0.273. The van der Waals surface area contributed by atoms with Gasteiger partial charge in [0.05, 0.1) is 21.4 Å². The lowest BCUT2D eigenvalue weighted by Gasteiger charge is -2.12. The number of carbonyl (C=O) groups is 1. The van der Waals surface area contributed by atoms with Crippen molar-refractivity contribution in [3.05, 3.63) is 24.3 Å². The zero-order chi connectivity index (χ0) is 11.5. The molecule has 1 aromatic heterocycles. The predicted molar refractivity (Wildman–Crippen MR) is 64.6 cm³/mol. The van der Waals surface area contributed by atoms with E-state index in [4.69, 9.17) is 0 Å². The second-order valence-electron chi connectivity index (χ2n) is 3.28. The summed E-state index contributed by atoms with van der Waals surface area (Å²) in [6.07, 6.45) is 0.545. The third kappa shape index (κ3) is 2.36. The Kier molecular flexibility index (Phi) is 3.46. The monoisotopic (exact) mass is 252 g/mol. The molecule has 0 radical (unpaired) electrons. The number of benzene rings is 1. The lowest BCUT2D eigenvalue weighted by molar-refractivity contribution is -0.304. The van der Waals surface area contributed by atoms with Gasteiger partial charge in [0.1, 0.15) is 0 Å². The van der Waals surface area contributed by atoms with Crippen LogP contribution in [0.3, 0.4) is 0 Å². The molecule has 1 atom stereocenters. The first-order chi connectivity index (χ1) is 7.70. The number of aliphatic carboxylic acids is 1. The minimum Gasteiger partial charge on any atom is -0.549 e.